The van der Waals surface area contributed by atoms with Crippen LogP contribution in [0.2, 0.25) is 0 Å². The van der Waals surface area contributed by atoms with Crippen molar-refractivity contribution >= 4 is 11.8 Å². The quantitative estimate of drug-likeness (QED) is 0.187. The fraction of sp³-hybridized carbons (Fsp3) is 0.400. The second-order valence-electron chi connectivity index (χ2n) is 15.8. The van der Waals surface area contributed by atoms with E-state index in [1.807, 2.05) is 12.1 Å². The van der Waals surface area contributed by atoms with Crippen LogP contribution in [0.15, 0.2) is 61.2 Å². The van der Waals surface area contributed by atoms with Gasteiger partial charge in [-0.25, -0.2) is 23.7 Å². The fourth-order valence-electron chi connectivity index (χ4n) is 9.27. The maximum Gasteiger partial charge on any atom is 0.308 e. The van der Waals surface area contributed by atoms with Crippen molar-refractivity contribution in [1.82, 2.24) is 25.2 Å². The van der Waals surface area contributed by atoms with E-state index in [2.05, 4.69) is 20.3 Å². The minimum Gasteiger partial charge on any atom is -0.476 e. The molecule has 6 aliphatic carbocycles. The van der Waals surface area contributed by atoms with Gasteiger partial charge in [0.05, 0.1) is 42.5 Å². The summed E-state index contributed by atoms with van der Waals surface area (Å²) in [6, 6.07) is 11.3. The van der Waals surface area contributed by atoms with Gasteiger partial charge in [0.2, 0.25) is 23.9 Å². The van der Waals surface area contributed by atoms with Gasteiger partial charge >= 0.3 is 5.69 Å². The van der Waals surface area contributed by atoms with Crippen LogP contribution in [-0.2, 0) is 16.1 Å². The van der Waals surface area contributed by atoms with Gasteiger partial charge in [0, 0.05) is 41.6 Å². The number of hydrogen-bond donors (Lipinski definition) is 1. The Hall–Kier alpha value is -6.09. The molecule has 2 aromatic heterocycles. The lowest BCUT2D eigenvalue weighted by atomic mass is 9.35. The molecular weight excluding hydrogens is 713 g/mol. The smallest absolute Gasteiger partial charge is 0.308 e. The second-order valence-corrected chi connectivity index (χ2v) is 15.8. The third kappa shape index (κ3) is 6.08. The number of carbonyl (C=O) groups excluding carboxylic acids is 2. The van der Waals surface area contributed by atoms with Gasteiger partial charge in [-0.05, 0) is 57.6 Å². The van der Waals surface area contributed by atoms with Crippen molar-refractivity contribution in [2.24, 2.45) is 21.7 Å². The molecule has 55 heavy (non-hydrogen) atoms. The van der Waals surface area contributed by atoms with Gasteiger partial charge in [-0.1, -0.05) is 18.2 Å². The lowest BCUT2D eigenvalue weighted by Crippen LogP contribution is -2.69. The maximum atomic E-state index is 16.4. The number of nitrogens with zero attached hydrogens (tertiary/aromatic N) is 7. The Labute approximate surface area is 314 Å². The molecule has 10 rings (SSSR count). The molecular formula is C40H36F3N8O4+. The number of hydrogen-bond acceptors (Lipinski definition) is 9. The van der Waals surface area contributed by atoms with Gasteiger partial charge in [-0.3, -0.25) is 9.59 Å². The van der Waals surface area contributed by atoms with E-state index in [0.29, 0.717) is 56.6 Å². The monoisotopic (exact) mass is 749 g/mol. The summed E-state index contributed by atoms with van der Waals surface area (Å²) in [5.41, 5.74) is -1.32. The molecule has 15 heteroatoms. The van der Waals surface area contributed by atoms with Crippen molar-refractivity contribution in [3.05, 3.63) is 101 Å². The number of nitrogens with one attached hydrogen (secondary N) is 1. The first-order valence-corrected chi connectivity index (χ1v) is 17.9. The molecule has 0 radical (unpaired) electrons. The molecule has 2 aromatic carbocycles. The van der Waals surface area contributed by atoms with E-state index < -0.39 is 28.5 Å². The number of nitriles is 2. The van der Waals surface area contributed by atoms with Crippen LogP contribution in [0.5, 0.6) is 11.8 Å². The highest BCUT2D eigenvalue weighted by molar-refractivity contribution is 5.87. The van der Waals surface area contributed by atoms with Crippen LogP contribution in [0.25, 0.3) is 5.69 Å². The van der Waals surface area contributed by atoms with Gasteiger partial charge < -0.3 is 19.7 Å². The number of rotatable bonds is 13. The second kappa shape index (κ2) is 13.0. The molecule has 2 amide bonds. The van der Waals surface area contributed by atoms with Crippen molar-refractivity contribution in [1.29, 1.82) is 10.5 Å². The zero-order chi connectivity index (χ0) is 38.8. The average molecular weight is 750 g/mol. The maximum absolute atomic E-state index is 16.4. The number of benzene rings is 2. The molecule has 4 bridgehead atoms. The Morgan fingerprint density at radius 1 is 0.909 bits per heavy atom. The van der Waals surface area contributed by atoms with Crippen molar-refractivity contribution in [3.8, 4) is 29.6 Å². The topological polar surface area (TPSA) is 158 Å². The number of halogens is 3. The summed E-state index contributed by atoms with van der Waals surface area (Å²) in [5, 5.41) is 21.6. The first-order valence-electron chi connectivity index (χ1n) is 17.9. The summed E-state index contributed by atoms with van der Waals surface area (Å²) >= 11 is 0. The molecule has 0 spiro atoms. The van der Waals surface area contributed by atoms with Crippen molar-refractivity contribution in [2.75, 3.05) is 20.3 Å². The first-order chi connectivity index (χ1) is 26.3. The Balaban J connectivity index is 0.899. The number of ether oxygens (including phenoxy) is 2. The lowest BCUT2D eigenvalue weighted by molar-refractivity contribution is -0.601. The summed E-state index contributed by atoms with van der Waals surface area (Å²) in [7, 11) is 1.57. The first kappa shape index (κ1) is 35.9. The lowest BCUT2D eigenvalue weighted by Gasteiger charge is -2.69. The van der Waals surface area contributed by atoms with E-state index >= 15 is 8.78 Å². The Kier molecular flexibility index (Phi) is 8.52. The number of aromatic nitrogens is 4. The molecule has 6 saturated carbocycles. The molecule has 2 heterocycles. The van der Waals surface area contributed by atoms with Crippen LogP contribution in [0.4, 0.5) is 13.2 Å². The summed E-state index contributed by atoms with van der Waals surface area (Å²) in [5.74, 6) is -1.86. The number of carbonyl (C=O) groups is 2. The van der Waals surface area contributed by atoms with Gasteiger partial charge in [-0.15, -0.1) is 4.57 Å². The Bertz CT molecular complexity index is 2280. The van der Waals surface area contributed by atoms with Gasteiger partial charge in [0.25, 0.3) is 11.6 Å². The molecule has 12 nitrogen and oxygen atoms in total. The SMILES string of the molecule is CC(c1cc(F)cc(-[n+]2cc(OCC34CC(C(=O)NCc5ccccc5F)(C3)C4)ncc2C#N)c1F)N(C)C(=O)C12CC(COc3cnc(C#N)cn3)(C1)C2. The minimum atomic E-state index is -0.846. The molecule has 0 aliphatic heterocycles. The van der Waals surface area contributed by atoms with Crippen LogP contribution < -0.4 is 19.4 Å². The molecule has 4 aromatic rings. The molecule has 1 N–H and O–H groups in total. The Morgan fingerprint density at radius 2 is 1.56 bits per heavy atom. The predicted octanol–water partition coefficient (Wildman–Crippen LogP) is 4.94. The summed E-state index contributed by atoms with van der Waals surface area (Å²) in [6.07, 6.45) is 8.79. The largest absolute Gasteiger partial charge is 0.476 e. The van der Waals surface area contributed by atoms with E-state index in [1.165, 1.54) is 40.3 Å². The van der Waals surface area contributed by atoms with Crippen molar-refractivity contribution in [3.63, 3.8) is 0 Å². The fourth-order valence-corrected chi connectivity index (χ4v) is 9.27. The van der Waals surface area contributed by atoms with E-state index in [0.717, 1.165) is 12.1 Å². The third-order valence-electron chi connectivity index (χ3n) is 12.0. The van der Waals surface area contributed by atoms with E-state index in [-0.39, 0.29) is 70.1 Å². The molecule has 1 atom stereocenters. The van der Waals surface area contributed by atoms with Crippen molar-refractivity contribution < 1.29 is 36.8 Å². The van der Waals surface area contributed by atoms with E-state index in [1.54, 1.807) is 32.2 Å². The molecule has 6 aliphatic rings. The van der Waals surface area contributed by atoms with Gasteiger partial charge in [0.15, 0.2) is 17.6 Å². The number of amides is 2. The van der Waals surface area contributed by atoms with Crippen molar-refractivity contribution in [2.45, 2.75) is 58.0 Å². The minimum absolute atomic E-state index is 0.0574. The molecule has 6 fully saturated rings. The Morgan fingerprint density at radius 3 is 2.20 bits per heavy atom. The van der Waals surface area contributed by atoms with Crippen LogP contribution in [0.3, 0.4) is 0 Å². The highest BCUT2D eigenvalue weighted by Gasteiger charge is 2.73. The average Bonchev–Trinajstić information content (AvgIpc) is 3.12. The van der Waals surface area contributed by atoms with Crippen LogP contribution >= 0.6 is 0 Å². The predicted molar refractivity (Wildman–Crippen MR) is 185 cm³/mol. The zero-order valence-electron chi connectivity index (χ0n) is 30.1. The third-order valence-corrected chi connectivity index (χ3v) is 12.0. The van der Waals surface area contributed by atoms with E-state index in [9.17, 15) is 19.2 Å². The van der Waals surface area contributed by atoms with Crippen LogP contribution in [0.1, 0.15) is 74.0 Å². The highest BCUT2D eigenvalue weighted by atomic mass is 19.1. The summed E-state index contributed by atoms with van der Waals surface area (Å²) in [4.78, 5) is 40.3. The molecule has 1 unspecified atom stereocenters. The van der Waals surface area contributed by atoms with Gasteiger partial charge in [-0.2, -0.15) is 14.9 Å². The van der Waals surface area contributed by atoms with Crippen LogP contribution in [-0.4, -0.2) is 51.9 Å². The molecule has 280 valence electrons. The van der Waals surface area contributed by atoms with E-state index in [4.69, 9.17) is 14.7 Å². The molecule has 0 saturated heterocycles. The summed E-state index contributed by atoms with van der Waals surface area (Å²) < 4.78 is 58.6. The van der Waals surface area contributed by atoms with Gasteiger partial charge in [0.1, 0.15) is 23.9 Å². The normalized spacial score (nSPS) is 25.7. The summed E-state index contributed by atoms with van der Waals surface area (Å²) in [6.45, 7) is 2.30. The zero-order valence-corrected chi connectivity index (χ0v) is 30.1. The standard InChI is InChI=1S/C40H35F3N8O4/c1-24(50(2)36(53)40-19-38(20-40,21-40)22-54-32-14-46-27(9-44)12-47-32)29-7-26(41)8-31(34(29)43)51-15-33(48-13-28(51)10-45)55-23-37-16-39(17-37,18-37)35(52)49-11-25-5-3-4-6-30(25)42/h3-8,12-15,24H,11,16-23H2,1-2H3/p+1. The highest BCUT2D eigenvalue weighted by Crippen LogP contribution is 2.74. The van der Waals surface area contributed by atoms with Crippen LogP contribution in [0, 0.1) is 61.8 Å².